The largest absolute Gasteiger partial charge is 0.466 e. The highest BCUT2D eigenvalue weighted by molar-refractivity contribution is 6.23. The molecule has 1 aliphatic rings. The van der Waals surface area contributed by atoms with Gasteiger partial charge in [0.2, 0.25) is 0 Å². The van der Waals surface area contributed by atoms with Crippen molar-refractivity contribution in [1.82, 2.24) is 0 Å². The number of carbonyl (C=O) groups is 2. The Labute approximate surface area is 153 Å². The second kappa shape index (κ2) is 6.91. The molecule has 26 heavy (non-hydrogen) atoms. The Hall–Kier alpha value is -2.68. The van der Waals surface area contributed by atoms with Crippen LogP contribution in [0.4, 0.5) is 0 Å². The molecule has 0 amide bonds. The van der Waals surface area contributed by atoms with Crippen molar-refractivity contribution >= 4 is 33.3 Å². The molecule has 0 atom stereocenters. The number of hydrogen-bond donors (Lipinski definition) is 0. The van der Waals surface area contributed by atoms with Crippen LogP contribution >= 0.6 is 0 Å². The van der Waals surface area contributed by atoms with E-state index in [0.29, 0.717) is 19.4 Å². The molecule has 0 heterocycles. The number of Topliss-reactive ketones (excluding diaryl/α,β-unsaturated/α-hetero) is 1. The minimum Gasteiger partial charge on any atom is -0.466 e. The van der Waals surface area contributed by atoms with Gasteiger partial charge >= 0.3 is 5.97 Å². The van der Waals surface area contributed by atoms with Gasteiger partial charge in [0.05, 0.1) is 6.61 Å². The zero-order valence-electron chi connectivity index (χ0n) is 15.0. The van der Waals surface area contributed by atoms with E-state index in [0.717, 1.165) is 41.2 Å². The molecule has 3 heteroatoms. The van der Waals surface area contributed by atoms with E-state index < -0.39 is 0 Å². The van der Waals surface area contributed by atoms with Crippen LogP contribution in [0.15, 0.2) is 42.5 Å². The third-order valence-electron chi connectivity index (χ3n) is 5.14. The lowest BCUT2D eigenvalue weighted by atomic mass is 9.83. The monoisotopic (exact) mass is 346 g/mol. The predicted octanol–water partition coefficient (Wildman–Crippen LogP) is 5.01. The van der Waals surface area contributed by atoms with Gasteiger partial charge in [-0.25, -0.2) is 0 Å². The normalized spacial score (nSPS) is 12.9. The van der Waals surface area contributed by atoms with Crippen LogP contribution in [-0.4, -0.2) is 18.4 Å². The smallest absolute Gasteiger partial charge is 0.305 e. The number of hydrogen-bond acceptors (Lipinski definition) is 3. The van der Waals surface area contributed by atoms with Crippen LogP contribution in [0.5, 0.6) is 0 Å². The quantitative estimate of drug-likeness (QED) is 0.465. The molecule has 0 aromatic heterocycles. The number of ketones is 1. The Balaban J connectivity index is 1.69. The van der Waals surface area contributed by atoms with Gasteiger partial charge in [-0.3, -0.25) is 9.59 Å². The third kappa shape index (κ3) is 2.88. The first-order chi connectivity index (χ1) is 12.7. The summed E-state index contributed by atoms with van der Waals surface area (Å²) in [5.41, 5.74) is 3.14. The molecule has 0 spiro atoms. The topological polar surface area (TPSA) is 43.4 Å². The summed E-state index contributed by atoms with van der Waals surface area (Å²) in [4.78, 5) is 24.3. The molecule has 0 fully saturated rings. The average Bonchev–Trinajstić information content (AvgIpc) is 2.65. The second-order valence-corrected chi connectivity index (χ2v) is 6.95. The lowest BCUT2D eigenvalue weighted by Crippen LogP contribution is -2.11. The van der Waals surface area contributed by atoms with Crippen LogP contribution in [0.1, 0.15) is 47.7 Å². The van der Waals surface area contributed by atoms with Crippen molar-refractivity contribution in [3.05, 3.63) is 59.2 Å². The van der Waals surface area contributed by atoms with Crippen molar-refractivity contribution < 1.29 is 14.3 Å². The van der Waals surface area contributed by atoms with E-state index in [4.69, 9.17) is 4.74 Å². The molecule has 0 saturated heterocycles. The highest BCUT2D eigenvalue weighted by Gasteiger charge is 2.22. The molecule has 0 N–H and O–H groups in total. The Morgan fingerprint density at radius 2 is 1.96 bits per heavy atom. The van der Waals surface area contributed by atoms with Gasteiger partial charge in [0, 0.05) is 23.8 Å². The van der Waals surface area contributed by atoms with Crippen molar-refractivity contribution in [2.45, 2.75) is 39.0 Å². The van der Waals surface area contributed by atoms with E-state index >= 15 is 0 Å². The van der Waals surface area contributed by atoms with Crippen LogP contribution in [0.3, 0.4) is 0 Å². The molecule has 0 bridgehead atoms. The second-order valence-electron chi connectivity index (χ2n) is 6.95. The number of aryl methyl sites for hydroxylation is 1. The Kier molecular flexibility index (Phi) is 4.46. The van der Waals surface area contributed by atoms with Crippen LogP contribution in [0.25, 0.3) is 21.5 Å². The van der Waals surface area contributed by atoms with Gasteiger partial charge < -0.3 is 4.74 Å². The van der Waals surface area contributed by atoms with Gasteiger partial charge in [-0.05, 0) is 46.5 Å². The Morgan fingerprint density at radius 3 is 2.81 bits per heavy atom. The van der Waals surface area contributed by atoms with E-state index in [-0.39, 0.29) is 11.8 Å². The van der Waals surface area contributed by atoms with Crippen molar-refractivity contribution in [2.75, 3.05) is 6.61 Å². The van der Waals surface area contributed by atoms with Gasteiger partial charge in [-0.1, -0.05) is 49.4 Å². The minimum atomic E-state index is -0.128. The highest BCUT2D eigenvalue weighted by atomic mass is 16.5. The SMILES string of the molecule is CCCOC(=O)CCCc1ccc2c3c1ccc1cccc(c13)CC2=O. The first-order valence-electron chi connectivity index (χ1n) is 9.34. The summed E-state index contributed by atoms with van der Waals surface area (Å²) in [6.07, 6.45) is 3.32. The van der Waals surface area contributed by atoms with Gasteiger partial charge in [0.25, 0.3) is 0 Å². The first kappa shape index (κ1) is 16.8. The summed E-state index contributed by atoms with van der Waals surface area (Å²) in [6, 6.07) is 14.5. The lowest BCUT2D eigenvalue weighted by molar-refractivity contribution is -0.143. The molecule has 0 radical (unpaired) electrons. The van der Waals surface area contributed by atoms with Crippen molar-refractivity contribution in [2.24, 2.45) is 0 Å². The van der Waals surface area contributed by atoms with Gasteiger partial charge in [0.1, 0.15) is 0 Å². The predicted molar refractivity (Wildman–Crippen MR) is 104 cm³/mol. The Morgan fingerprint density at radius 1 is 1.08 bits per heavy atom. The first-order valence-corrected chi connectivity index (χ1v) is 9.34. The van der Waals surface area contributed by atoms with E-state index in [2.05, 4.69) is 24.3 Å². The number of ether oxygens (including phenoxy) is 1. The molecule has 0 saturated carbocycles. The highest BCUT2D eigenvalue weighted by Crippen LogP contribution is 2.37. The molecule has 3 aromatic carbocycles. The summed E-state index contributed by atoms with van der Waals surface area (Å²) >= 11 is 0. The molecular weight excluding hydrogens is 324 g/mol. The zero-order valence-corrected chi connectivity index (χ0v) is 15.0. The molecular formula is C23H22O3. The zero-order chi connectivity index (χ0) is 18.1. The standard InChI is InChI=1S/C23H22O3/c1-2-13-26-21(25)8-4-5-15-9-12-19-20(24)14-17-7-3-6-16-10-11-18(15)23(19)22(16)17/h3,6-7,9-12H,2,4-5,8,13-14H2,1H3. The maximum absolute atomic E-state index is 12.6. The molecule has 3 aromatic rings. The summed E-state index contributed by atoms with van der Waals surface area (Å²) in [5, 5.41) is 4.62. The van der Waals surface area contributed by atoms with E-state index in [1.165, 1.54) is 16.3 Å². The number of esters is 1. The Bertz CT molecular complexity index is 1020. The maximum atomic E-state index is 12.6. The fraction of sp³-hybridized carbons (Fsp3) is 0.304. The summed E-state index contributed by atoms with van der Waals surface area (Å²) in [6.45, 7) is 2.48. The summed E-state index contributed by atoms with van der Waals surface area (Å²) in [7, 11) is 0. The fourth-order valence-electron chi connectivity index (χ4n) is 3.94. The molecule has 4 rings (SSSR count). The van der Waals surface area contributed by atoms with Crippen LogP contribution < -0.4 is 0 Å². The average molecular weight is 346 g/mol. The number of rotatable bonds is 6. The van der Waals surface area contributed by atoms with Crippen LogP contribution in [0, 0.1) is 0 Å². The van der Waals surface area contributed by atoms with Crippen molar-refractivity contribution in [1.29, 1.82) is 0 Å². The summed E-state index contributed by atoms with van der Waals surface area (Å²) in [5.74, 6) is 0.0627. The lowest BCUT2D eigenvalue weighted by Gasteiger charge is -2.19. The maximum Gasteiger partial charge on any atom is 0.305 e. The van der Waals surface area contributed by atoms with Gasteiger partial charge in [-0.2, -0.15) is 0 Å². The molecule has 1 aliphatic carbocycles. The van der Waals surface area contributed by atoms with E-state index in [1.54, 1.807) is 0 Å². The molecule has 0 unspecified atom stereocenters. The van der Waals surface area contributed by atoms with Crippen molar-refractivity contribution in [3.8, 4) is 0 Å². The molecule has 3 nitrogen and oxygen atoms in total. The van der Waals surface area contributed by atoms with Crippen LogP contribution in [0.2, 0.25) is 0 Å². The van der Waals surface area contributed by atoms with Crippen molar-refractivity contribution in [3.63, 3.8) is 0 Å². The van der Waals surface area contributed by atoms with E-state index in [9.17, 15) is 9.59 Å². The molecule has 0 aliphatic heterocycles. The molecule has 132 valence electrons. The third-order valence-corrected chi connectivity index (χ3v) is 5.14. The summed E-state index contributed by atoms with van der Waals surface area (Å²) < 4.78 is 5.15. The fourth-order valence-corrected chi connectivity index (χ4v) is 3.94. The number of benzene rings is 3. The van der Waals surface area contributed by atoms with Crippen LogP contribution in [-0.2, 0) is 22.4 Å². The minimum absolute atomic E-state index is 0.128. The number of carbonyl (C=O) groups excluding carboxylic acids is 2. The van der Waals surface area contributed by atoms with Gasteiger partial charge in [-0.15, -0.1) is 0 Å². The van der Waals surface area contributed by atoms with Gasteiger partial charge in [0.15, 0.2) is 5.78 Å². The van der Waals surface area contributed by atoms with E-state index in [1.807, 2.05) is 25.1 Å².